The lowest BCUT2D eigenvalue weighted by Crippen LogP contribution is -2.13. The smallest absolute Gasteiger partial charge is 0.373 e. The molecule has 1 aromatic rings. The summed E-state index contributed by atoms with van der Waals surface area (Å²) in [6, 6.07) is 6.67. The van der Waals surface area contributed by atoms with E-state index < -0.39 is 12.6 Å². The number of halogens is 3. The lowest BCUT2D eigenvalue weighted by molar-refractivity contribution is -0.127. The second kappa shape index (κ2) is 3.85. The largest absolute Gasteiger partial charge is 0.393 e. The van der Waals surface area contributed by atoms with Crippen LogP contribution in [-0.2, 0) is 17.6 Å². The summed E-state index contributed by atoms with van der Waals surface area (Å²) in [7, 11) is 0. The Morgan fingerprint density at radius 2 is 1.80 bits per heavy atom. The maximum Gasteiger partial charge on any atom is 0.393 e. The van der Waals surface area contributed by atoms with Crippen molar-refractivity contribution in [1.29, 1.82) is 0 Å². The Labute approximate surface area is 85.9 Å². The van der Waals surface area contributed by atoms with E-state index in [1.165, 1.54) is 6.07 Å². The summed E-state index contributed by atoms with van der Waals surface area (Å²) >= 11 is 0. The van der Waals surface area contributed by atoms with E-state index in [9.17, 15) is 13.2 Å². The van der Waals surface area contributed by atoms with E-state index in [0.29, 0.717) is 18.6 Å². The van der Waals surface area contributed by atoms with Crippen molar-refractivity contribution in [3.8, 4) is 0 Å². The van der Waals surface area contributed by atoms with Gasteiger partial charge in [-0.05, 0) is 11.1 Å². The van der Waals surface area contributed by atoms with Crippen LogP contribution < -0.4 is 0 Å². The molecule has 0 aliphatic carbocycles. The average molecular weight is 216 g/mol. The molecule has 0 saturated carbocycles. The van der Waals surface area contributed by atoms with Gasteiger partial charge < -0.3 is 4.74 Å². The Bertz CT molecular complexity index is 342. The molecule has 0 bridgehead atoms. The molecule has 4 heteroatoms. The van der Waals surface area contributed by atoms with Gasteiger partial charge >= 0.3 is 6.18 Å². The zero-order valence-corrected chi connectivity index (χ0v) is 8.05. The van der Waals surface area contributed by atoms with Crippen molar-refractivity contribution in [2.24, 2.45) is 0 Å². The van der Waals surface area contributed by atoms with Crippen LogP contribution in [-0.4, -0.2) is 18.9 Å². The van der Waals surface area contributed by atoms with Gasteiger partial charge in [0.2, 0.25) is 0 Å². The molecule has 2 rings (SSSR count). The van der Waals surface area contributed by atoms with E-state index in [4.69, 9.17) is 4.74 Å². The van der Waals surface area contributed by atoms with Crippen molar-refractivity contribution >= 4 is 0 Å². The predicted octanol–water partition coefficient (Wildman–Crippen LogP) is 2.73. The summed E-state index contributed by atoms with van der Waals surface area (Å²) in [5, 5.41) is 0. The molecule has 1 atom stereocenters. The predicted molar refractivity (Wildman–Crippen MR) is 49.6 cm³/mol. The molecule has 0 N–H and O–H groups in total. The number of hydrogen-bond acceptors (Lipinski definition) is 1. The molecular weight excluding hydrogens is 205 g/mol. The summed E-state index contributed by atoms with van der Waals surface area (Å²) in [5.74, 6) is 0. The number of hydrogen-bond donors (Lipinski definition) is 0. The molecular formula is C11H11F3O. The van der Waals surface area contributed by atoms with E-state index in [-0.39, 0.29) is 6.10 Å². The van der Waals surface area contributed by atoms with Gasteiger partial charge in [-0.1, -0.05) is 24.3 Å². The number of epoxide rings is 1. The minimum Gasteiger partial charge on any atom is -0.373 e. The van der Waals surface area contributed by atoms with Crippen molar-refractivity contribution < 1.29 is 17.9 Å². The summed E-state index contributed by atoms with van der Waals surface area (Å²) < 4.78 is 41.7. The van der Waals surface area contributed by atoms with E-state index in [0.717, 1.165) is 5.56 Å². The fourth-order valence-corrected chi connectivity index (χ4v) is 1.58. The van der Waals surface area contributed by atoms with Crippen LogP contribution in [0.3, 0.4) is 0 Å². The number of alkyl halides is 3. The van der Waals surface area contributed by atoms with Crippen LogP contribution in [0.5, 0.6) is 0 Å². The summed E-state index contributed by atoms with van der Waals surface area (Å²) in [4.78, 5) is 0. The van der Waals surface area contributed by atoms with Crippen LogP contribution in [0.25, 0.3) is 0 Å². The van der Waals surface area contributed by atoms with Gasteiger partial charge in [-0.3, -0.25) is 0 Å². The van der Waals surface area contributed by atoms with Crippen LogP contribution >= 0.6 is 0 Å². The first-order valence-electron chi connectivity index (χ1n) is 4.80. The van der Waals surface area contributed by atoms with Crippen LogP contribution in [0.1, 0.15) is 11.1 Å². The third-order valence-electron chi connectivity index (χ3n) is 2.36. The Morgan fingerprint density at radius 1 is 1.20 bits per heavy atom. The molecule has 1 fully saturated rings. The molecule has 1 aromatic carbocycles. The lowest BCUT2D eigenvalue weighted by Gasteiger charge is -2.10. The maximum atomic E-state index is 12.2. The van der Waals surface area contributed by atoms with Crippen molar-refractivity contribution in [1.82, 2.24) is 0 Å². The highest BCUT2D eigenvalue weighted by Gasteiger charge is 2.30. The van der Waals surface area contributed by atoms with Gasteiger partial charge in [0.15, 0.2) is 0 Å². The second-order valence-corrected chi connectivity index (χ2v) is 3.72. The maximum absolute atomic E-state index is 12.2. The van der Waals surface area contributed by atoms with Gasteiger partial charge in [-0.2, -0.15) is 13.2 Å². The fraction of sp³-hybridized carbons (Fsp3) is 0.455. The van der Waals surface area contributed by atoms with Gasteiger partial charge in [0, 0.05) is 6.42 Å². The summed E-state index contributed by atoms with van der Waals surface area (Å²) in [6.45, 7) is 0.667. The molecule has 1 saturated heterocycles. The number of rotatable bonds is 3. The molecule has 1 unspecified atom stereocenters. The SMILES string of the molecule is FC(F)(F)Cc1ccccc1CC1CO1. The molecule has 15 heavy (non-hydrogen) atoms. The molecule has 82 valence electrons. The highest BCUT2D eigenvalue weighted by Crippen LogP contribution is 2.25. The van der Waals surface area contributed by atoms with E-state index >= 15 is 0 Å². The zero-order chi connectivity index (χ0) is 10.9. The first-order valence-corrected chi connectivity index (χ1v) is 4.80. The molecule has 1 aliphatic heterocycles. The van der Waals surface area contributed by atoms with Crippen molar-refractivity contribution in [2.45, 2.75) is 25.1 Å². The molecule has 1 aliphatic rings. The first kappa shape index (κ1) is 10.5. The van der Waals surface area contributed by atoms with Crippen molar-refractivity contribution in [2.75, 3.05) is 6.61 Å². The quantitative estimate of drug-likeness (QED) is 0.708. The third kappa shape index (κ3) is 3.23. The molecule has 0 aromatic heterocycles. The minimum absolute atomic E-state index is 0.124. The van der Waals surface area contributed by atoms with Crippen LogP contribution in [0.4, 0.5) is 13.2 Å². The van der Waals surface area contributed by atoms with E-state index in [1.54, 1.807) is 18.2 Å². The Kier molecular flexibility index (Phi) is 2.69. The van der Waals surface area contributed by atoms with E-state index in [2.05, 4.69) is 0 Å². The monoisotopic (exact) mass is 216 g/mol. The Hall–Kier alpha value is -1.03. The number of ether oxygens (including phenoxy) is 1. The molecule has 1 nitrogen and oxygen atoms in total. The third-order valence-corrected chi connectivity index (χ3v) is 2.36. The molecule has 0 radical (unpaired) electrons. The topological polar surface area (TPSA) is 12.5 Å². The highest BCUT2D eigenvalue weighted by molar-refractivity contribution is 5.29. The standard InChI is InChI=1S/C11H11F3O/c12-11(13,14)6-9-4-2-1-3-8(9)5-10-7-15-10/h1-4,10H,5-7H2. The van der Waals surface area contributed by atoms with Gasteiger partial charge in [-0.15, -0.1) is 0 Å². The van der Waals surface area contributed by atoms with Crippen LogP contribution in [0.15, 0.2) is 24.3 Å². The van der Waals surface area contributed by atoms with Crippen molar-refractivity contribution in [3.63, 3.8) is 0 Å². The normalized spacial score (nSPS) is 20.3. The first-order chi connectivity index (χ1) is 7.04. The van der Waals surface area contributed by atoms with Gasteiger partial charge in [0.25, 0.3) is 0 Å². The van der Waals surface area contributed by atoms with Crippen molar-refractivity contribution in [3.05, 3.63) is 35.4 Å². The van der Waals surface area contributed by atoms with Gasteiger partial charge in [0.1, 0.15) is 0 Å². The lowest BCUT2D eigenvalue weighted by atomic mass is 10.0. The highest BCUT2D eigenvalue weighted by atomic mass is 19.4. The summed E-state index contributed by atoms with van der Waals surface area (Å²) in [5.41, 5.74) is 1.11. The molecule has 0 amide bonds. The molecule has 0 spiro atoms. The van der Waals surface area contributed by atoms with E-state index in [1.807, 2.05) is 0 Å². The Morgan fingerprint density at radius 3 is 2.33 bits per heavy atom. The van der Waals surface area contributed by atoms with Gasteiger partial charge in [0.05, 0.1) is 19.1 Å². The molecule has 1 heterocycles. The fourth-order valence-electron chi connectivity index (χ4n) is 1.58. The average Bonchev–Trinajstić information content (AvgIpc) is 2.89. The van der Waals surface area contributed by atoms with Crippen LogP contribution in [0.2, 0.25) is 0 Å². The number of benzene rings is 1. The zero-order valence-electron chi connectivity index (χ0n) is 8.05. The summed E-state index contributed by atoms with van der Waals surface area (Å²) in [6.07, 6.45) is -4.28. The second-order valence-electron chi connectivity index (χ2n) is 3.72. The van der Waals surface area contributed by atoms with Gasteiger partial charge in [-0.25, -0.2) is 0 Å². The minimum atomic E-state index is -4.14. The Balaban J connectivity index is 2.13. The van der Waals surface area contributed by atoms with Crippen LogP contribution in [0, 0.1) is 0 Å².